The first-order valence-corrected chi connectivity index (χ1v) is 9.50. The highest BCUT2D eigenvalue weighted by molar-refractivity contribution is 7.12. The molecule has 1 amide bonds. The number of aromatic nitrogens is 1. The van der Waals surface area contributed by atoms with Crippen LogP contribution in [0.2, 0.25) is 0 Å². The van der Waals surface area contributed by atoms with Gasteiger partial charge in [0.15, 0.2) is 5.66 Å². The van der Waals surface area contributed by atoms with Gasteiger partial charge in [0.05, 0.1) is 17.1 Å². The first-order chi connectivity index (χ1) is 12.5. The van der Waals surface area contributed by atoms with Gasteiger partial charge >= 0.3 is 0 Å². The quantitative estimate of drug-likeness (QED) is 0.716. The Morgan fingerprint density at radius 3 is 2.62 bits per heavy atom. The summed E-state index contributed by atoms with van der Waals surface area (Å²) >= 11 is 1.57. The SMILES string of the molecule is C#CCCC1(CCNC(=O)Cc2sc(C)nc2-c2ccc(C)cc2)N=N1. The van der Waals surface area contributed by atoms with E-state index in [-0.39, 0.29) is 11.6 Å². The van der Waals surface area contributed by atoms with Gasteiger partial charge in [0.25, 0.3) is 0 Å². The van der Waals surface area contributed by atoms with Crippen molar-refractivity contribution in [3.05, 3.63) is 39.7 Å². The third-order valence-corrected chi connectivity index (χ3v) is 5.32. The lowest BCUT2D eigenvalue weighted by atomic mass is 10.0. The molecule has 5 nitrogen and oxygen atoms in total. The van der Waals surface area contributed by atoms with Gasteiger partial charge in [-0.1, -0.05) is 29.8 Å². The third-order valence-electron chi connectivity index (χ3n) is 4.35. The Morgan fingerprint density at radius 1 is 1.23 bits per heavy atom. The van der Waals surface area contributed by atoms with Crippen LogP contribution >= 0.6 is 11.3 Å². The molecule has 6 heteroatoms. The van der Waals surface area contributed by atoms with Crippen molar-refractivity contribution in [1.82, 2.24) is 10.3 Å². The Balaban J connectivity index is 1.56. The summed E-state index contributed by atoms with van der Waals surface area (Å²) < 4.78 is 0. The van der Waals surface area contributed by atoms with E-state index in [1.165, 1.54) is 5.56 Å². The topological polar surface area (TPSA) is 66.7 Å². The second kappa shape index (κ2) is 7.79. The van der Waals surface area contributed by atoms with E-state index in [1.54, 1.807) is 11.3 Å². The number of carbonyl (C=O) groups excluding carboxylic acids is 1. The number of carbonyl (C=O) groups is 1. The number of thiazole rings is 1. The first kappa shape index (κ1) is 18.3. The van der Waals surface area contributed by atoms with Gasteiger partial charge in [0, 0.05) is 36.2 Å². The molecule has 0 bridgehead atoms. The minimum Gasteiger partial charge on any atom is -0.356 e. The summed E-state index contributed by atoms with van der Waals surface area (Å²) in [7, 11) is 0. The Morgan fingerprint density at radius 2 is 1.96 bits per heavy atom. The maximum absolute atomic E-state index is 12.4. The number of amides is 1. The summed E-state index contributed by atoms with van der Waals surface area (Å²) in [6.45, 7) is 4.57. The Hall–Kier alpha value is -2.52. The predicted molar refractivity (Wildman–Crippen MR) is 104 cm³/mol. The summed E-state index contributed by atoms with van der Waals surface area (Å²) in [4.78, 5) is 18.0. The largest absolute Gasteiger partial charge is 0.356 e. The van der Waals surface area contributed by atoms with E-state index in [0.717, 1.165) is 27.6 Å². The zero-order chi connectivity index (χ0) is 18.6. The average Bonchev–Trinajstić information content (AvgIpc) is 3.29. The Bertz CT molecular complexity index is 855. The molecule has 0 atom stereocenters. The van der Waals surface area contributed by atoms with Gasteiger partial charge in [-0.2, -0.15) is 10.2 Å². The number of benzene rings is 1. The van der Waals surface area contributed by atoms with Crippen LogP contribution in [0.4, 0.5) is 0 Å². The van der Waals surface area contributed by atoms with E-state index in [9.17, 15) is 4.79 Å². The molecule has 0 spiro atoms. The number of terminal acetylenes is 1. The van der Waals surface area contributed by atoms with Gasteiger partial charge in [-0.05, 0) is 13.8 Å². The molecular formula is C20H22N4OS. The smallest absolute Gasteiger partial charge is 0.225 e. The van der Waals surface area contributed by atoms with Crippen LogP contribution in [-0.4, -0.2) is 23.1 Å². The Labute approximate surface area is 158 Å². The fraction of sp³-hybridized carbons (Fsp3) is 0.400. The van der Waals surface area contributed by atoms with Crippen molar-refractivity contribution >= 4 is 17.2 Å². The zero-order valence-corrected chi connectivity index (χ0v) is 15.9. The molecule has 1 aliphatic heterocycles. The van der Waals surface area contributed by atoms with Gasteiger partial charge in [0.2, 0.25) is 5.91 Å². The van der Waals surface area contributed by atoms with Crippen LogP contribution in [0.15, 0.2) is 34.5 Å². The van der Waals surface area contributed by atoms with Crippen molar-refractivity contribution in [3.63, 3.8) is 0 Å². The van der Waals surface area contributed by atoms with E-state index in [1.807, 2.05) is 6.92 Å². The molecule has 0 fully saturated rings. The molecule has 0 radical (unpaired) electrons. The van der Waals surface area contributed by atoms with Crippen molar-refractivity contribution in [1.29, 1.82) is 0 Å². The molecule has 0 saturated heterocycles. The second-order valence-corrected chi connectivity index (χ2v) is 7.82. The summed E-state index contributed by atoms with van der Waals surface area (Å²) in [6, 6.07) is 8.23. The molecule has 0 saturated carbocycles. The number of aryl methyl sites for hydroxylation is 2. The zero-order valence-electron chi connectivity index (χ0n) is 15.1. The monoisotopic (exact) mass is 366 g/mol. The van der Waals surface area contributed by atoms with Crippen LogP contribution in [-0.2, 0) is 11.2 Å². The highest BCUT2D eigenvalue weighted by atomic mass is 32.1. The molecule has 1 aliphatic rings. The lowest BCUT2D eigenvalue weighted by Crippen LogP contribution is -2.29. The van der Waals surface area contributed by atoms with Crippen LogP contribution in [0, 0.1) is 26.2 Å². The minimum atomic E-state index is -0.353. The van der Waals surface area contributed by atoms with Gasteiger partial charge in [-0.3, -0.25) is 4.79 Å². The fourth-order valence-electron chi connectivity index (χ4n) is 2.80. The molecule has 26 heavy (non-hydrogen) atoms. The molecule has 0 unspecified atom stereocenters. The van der Waals surface area contributed by atoms with Crippen molar-refractivity contribution < 1.29 is 4.79 Å². The molecule has 2 aromatic rings. The first-order valence-electron chi connectivity index (χ1n) is 8.69. The summed E-state index contributed by atoms with van der Waals surface area (Å²) in [5.41, 5.74) is 2.80. The van der Waals surface area contributed by atoms with Gasteiger partial charge < -0.3 is 5.32 Å². The van der Waals surface area contributed by atoms with E-state index in [4.69, 9.17) is 6.42 Å². The van der Waals surface area contributed by atoms with E-state index in [0.29, 0.717) is 25.8 Å². The molecule has 2 heterocycles. The van der Waals surface area contributed by atoms with Crippen LogP contribution in [0.25, 0.3) is 11.3 Å². The Kier molecular flexibility index (Phi) is 5.48. The van der Waals surface area contributed by atoms with Crippen LogP contribution in [0.1, 0.15) is 34.7 Å². The van der Waals surface area contributed by atoms with E-state index >= 15 is 0 Å². The molecule has 0 aliphatic carbocycles. The molecule has 134 valence electrons. The minimum absolute atomic E-state index is 0.00485. The highest BCUT2D eigenvalue weighted by Gasteiger charge is 2.38. The van der Waals surface area contributed by atoms with Gasteiger partial charge in [-0.15, -0.1) is 23.7 Å². The number of nitrogens with one attached hydrogen (secondary N) is 1. The maximum atomic E-state index is 12.4. The summed E-state index contributed by atoms with van der Waals surface area (Å²) in [5, 5.41) is 12.1. The van der Waals surface area contributed by atoms with Crippen LogP contribution < -0.4 is 5.32 Å². The standard InChI is InChI=1S/C20H22N4OS/c1-4-5-10-20(23-24-20)11-12-21-18(25)13-17-19(22-15(3)26-17)16-8-6-14(2)7-9-16/h1,6-9H,5,10-13H2,2-3H3,(H,21,25). The fourth-order valence-corrected chi connectivity index (χ4v) is 3.76. The van der Waals surface area contributed by atoms with Crippen molar-refractivity contribution in [2.45, 2.75) is 45.2 Å². The average molecular weight is 366 g/mol. The van der Waals surface area contributed by atoms with Crippen LogP contribution in [0.3, 0.4) is 0 Å². The van der Waals surface area contributed by atoms with Gasteiger partial charge in [-0.25, -0.2) is 4.98 Å². The predicted octanol–water partition coefficient (Wildman–Crippen LogP) is 4.05. The molecule has 3 rings (SSSR count). The third kappa shape index (κ3) is 4.55. The summed E-state index contributed by atoms with van der Waals surface area (Å²) in [6.07, 6.45) is 7.73. The van der Waals surface area contributed by atoms with Crippen molar-refractivity contribution in [2.75, 3.05) is 6.54 Å². The molecule has 1 aromatic heterocycles. The number of rotatable bonds is 8. The maximum Gasteiger partial charge on any atom is 0.225 e. The molecule has 1 N–H and O–H groups in total. The molecular weight excluding hydrogens is 344 g/mol. The lowest BCUT2D eigenvalue weighted by molar-refractivity contribution is -0.120. The van der Waals surface area contributed by atoms with Crippen LogP contribution in [0.5, 0.6) is 0 Å². The normalized spacial score (nSPS) is 14.0. The van der Waals surface area contributed by atoms with Crippen molar-refractivity contribution in [2.24, 2.45) is 10.2 Å². The number of nitrogens with zero attached hydrogens (tertiary/aromatic N) is 3. The van der Waals surface area contributed by atoms with Gasteiger partial charge in [0.1, 0.15) is 0 Å². The number of hydrogen-bond donors (Lipinski definition) is 1. The highest BCUT2D eigenvalue weighted by Crippen LogP contribution is 2.36. The van der Waals surface area contributed by atoms with E-state index in [2.05, 4.69) is 57.6 Å². The van der Waals surface area contributed by atoms with Crippen molar-refractivity contribution in [3.8, 4) is 23.6 Å². The lowest BCUT2D eigenvalue weighted by Gasteiger charge is -2.10. The molecule has 1 aromatic carbocycles. The summed E-state index contributed by atoms with van der Waals surface area (Å²) in [5.74, 6) is 2.61. The second-order valence-electron chi connectivity index (χ2n) is 6.53. The number of hydrogen-bond acceptors (Lipinski definition) is 5. The van der Waals surface area contributed by atoms with E-state index < -0.39 is 0 Å².